The van der Waals surface area contributed by atoms with Crippen LogP contribution >= 0.6 is 12.4 Å². The number of halogens is 1. The van der Waals surface area contributed by atoms with E-state index in [1.165, 1.54) is 6.07 Å². The van der Waals surface area contributed by atoms with Crippen molar-refractivity contribution in [2.75, 3.05) is 30.4 Å². The normalized spacial score (nSPS) is 17.4. The molecule has 1 aromatic rings. The average Bonchev–Trinajstić information content (AvgIpc) is 2.74. The standard InChI is InChI=1S/C12H19N3O3S2.ClH/c1-2-8-15-9-19(16)12-10(15)4-3-5-11(12)20(17,18)14-7-6-13;/h3-5,14H,2,6-9,13H2,1H3;1H. The summed E-state index contributed by atoms with van der Waals surface area (Å²) in [7, 11) is -4.99. The molecule has 9 heteroatoms. The number of nitrogens with one attached hydrogen (secondary N) is 1. The van der Waals surface area contributed by atoms with Crippen molar-refractivity contribution in [1.82, 2.24) is 4.72 Å². The number of hydrogen-bond acceptors (Lipinski definition) is 5. The van der Waals surface area contributed by atoms with E-state index in [-0.39, 0.29) is 30.4 Å². The average molecular weight is 354 g/mol. The first-order chi connectivity index (χ1) is 9.51. The van der Waals surface area contributed by atoms with Crippen LogP contribution in [0.1, 0.15) is 13.3 Å². The van der Waals surface area contributed by atoms with Crippen LogP contribution in [0.4, 0.5) is 5.69 Å². The van der Waals surface area contributed by atoms with Crippen molar-refractivity contribution in [3.63, 3.8) is 0 Å². The molecule has 0 spiro atoms. The van der Waals surface area contributed by atoms with Crippen LogP contribution in [0, 0.1) is 0 Å². The lowest BCUT2D eigenvalue weighted by Gasteiger charge is -2.17. The first-order valence-electron chi connectivity index (χ1n) is 6.47. The lowest BCUT2D eigenvalue weighted by Crippen LogP contribution is -2.29. The van der Waals surface area contributed by atoms with Crippen molar-refractivity contribution in [2.45, 2.75) is 23.1 Å². The fraction of sp³-hybridized carbons (Fsp3) is 0.500. The van der Waals surface area contributed by atoms with Gasteiger partial charge < -0.3 is 10.6 Å². The molecule has 1 aliphatic rings. The van der Waals surface area contributed by atoms with Crippen molar-refractivity contribution in [1.29, 1.82) is 0 Å². The summed E-state index contributed by atoms with van der Waals surface area (Å²) < 4.78 is 39.1. The number of nitrogens with two attached hydrogens (primary N) is 1. The smallest absolute Gasteiger partial charge is 0.241 e. The Bertz CT molecular complexity index is 622. The molecule has 3 N–H and O–H groups in total. The molecule has 1 atom stereocenters. The molecule has 0 aliphatic carbocycles. The zero-order valence-corrected chi connectivity index (χ0v) is 14.2. The van der Waals surface area contributed by atoms with E-state index in [0.29, 0.717) is 10.8 Å². The van der Waals surface area contributed by atoms with Gasteiger partial charge in [0, 0.05) is 19.6 Å². The Kier molecular flexibility index (Phi) is 6.61. The van der Waals surface area contributed by atoms with Gasteiger partial charge in [0.1, 0.15) is 4.90 Å². The zero-order chi connectivity index (χ0) is 14.8. The lowest BCUT2D eigenvalue weighted by molar-refractivity contribution is 0.579. The van der Waals surface area contributed by atoms with Crippen LogP contribution < -0.4 is 15.4 Å². The molecule has 2 rings (SSSR count). The highest BCUT2D eigenvalue weighted by Gasteiger charge is 2.31. The molecule has 0 amide bonds. The molecule has 1 aliphatic heterocycles. The molecule has 0 saturated carbocycles. The SMILES string of the molecule is CCCN1CS(=O)c2c1cccc2S(=O)(=O)NCCN.Cl. The van der Waals surface area contributed by atoms with Gasteiger partial charge >= 0.3 is 0 Å². The summed E-state index contributed by atoms with van der Waals surface area (Å²) in [4.78, 5) is 2.47. The Hall–Kier alpha value is -0.670. The van der Waals surface area contributed by atoms with Crippen LogP contribution in [0.25, 0.3) is 0 Å². The van der Waals surface area contributed by atoms with Crippen molar-refractivity contribution in [2.24, 2.45) is 5.73 Å². The Morgan fingerprint density at radius 2 is 2.14 bits per heavy atom. The highest BCUT2D eigenvalue weighted by Crippen LogP contribution is 2.36. The second kappa shape index (κ2) is 7.55. The molecule has 0 aromatic heterocycles. The second-order valence-corrected chi connectivity index (χ2v) is 7.62. The van der Waals surface area contributed by atoms with Crippen LogP contribution in [0.15, 0.2) is 28.0 Å². The maximum absolute atomic E-state index is 12.2. The Morgan fingerprint density at radius 1 is 1.43 bits per heavy atom. The summed E-state index contributed by atoms with van der Waals surface area (Å²) in [6, 6.07) is 4.99. The van der Waals surface area contributed by atoms with Crippen molar-refractivity contribution < 1.29 is 12.6 Å². The predicted octanol–water partition coefficient (Wildman–Crippen LogP) is 0.641. The van der Waals surface area contributed by atoms with Gasteiger partial charge in [-0.05, 0) is 18.6 Å². The third-order valence-electron chi connectivity index (χ3n) is 3.02. The summed E-state index contributed by atoms with van der Waals surface area (Å²) >= 11 is 0. The predicted molar refractivity (Wildman–Crippen MR) is 86.8 cm³/mol. The van der Waals surface area contributed by atoms with E-state index in [4.69, 9.17) is 5.73 Å². The molecule has 120 valence electrons. The summed E-state index contributed by atoms with van der Waals surface area (Å²) in [5.74, 6) is 0.354. The van der Waals surface area contributed by atoms with Crippen molar-refractivity contribution in [3.05, 3.63) is 18.2 Å². The molecular formula is C12H20ClN3O3S2. The van der Waals surface area contributed by atoms with Gasteiger partial charge in [0.25, 0.3) is 0 Å². The molecule has 0 fully saturated rings. The van der Waals surface area contributed by atoms with E-state index in [9.17, 15) is 12.6 Å². The molecular weight excluding hydrogens is 334 g/mol. The van der Waals surface area contributed by atoms with E-state index < -0.39 is 20.8 Å². The molecule has 6 nitrogen and oxygen atoms in total. The molecule has 1 unspecified atom stereocenters. The van der Waals surface area contributed by atoms with Crippen molar-refractivity contribution >= 4 is 38.9 Å². The van der Waals surface area contributed by atoms with Gasteiger partial charge in [-0.2, -0.15) is 0 Å². The van der Waals surface area contributed by atoms with E-state index in [1.54, 1.807) is 6.07 Å². The molecule has 0 saturated heterocycles. The number of sulfonamides is 1. The fourth-order valence-corrected chi connectivity index (χ4v) is 5.35. The quantitative estimate of drug-likeness (QED) is 0.783. The Balaban J connectivity index is 0.00000220. The van der Waals surface area contributed by atoms with E-state index >= 15 is 0 Å². The van der Waals surface area contributed by atoms with Gasteiger partial charge in [-0.25, -0.2) is 13.1 Å². The van der Waals surface area contributed by atoms with Crippen molar-refractivity contribution in [3.8, 4) is 0 Å². The number of nitrogens with zero attached hydrogens (tertiary/aromatic N) is 1. The monoisotopic (exact) mass is 353 g/mol. The number of rotatable bonds is 6. The third kappa shape index (κ3) is 3.75. The third-order valence-corrected chi connectivity index (χ3v) is 6.08. The van der Waals surface area contributed by atoms with Crippen LogP contribution in [0.2, 0.25) is 0 Å². The van der Waals surface area contributed by atoms with Gasteiger partial charge in [0.15, 0.2) is 0 Å². The highest BCUT2D eigenvalue weighted by atomic mass is 35.5. The van der Waals surface area contributed by atoms with E-state index in [0.717, 1.165) is 18.7 Å². The first-order valence-corrected chi connectivity index (χ1v) is 9.27. The minimum atomic E-state index is -3.67. The van der Waals surface area contributed by atoms with Crippen LogP contribution in [0.3, 0.4) is 0 Å². The zero-order valence-electron chi connectivity index (χ0n) is 11.7. The van der Waals surface area contributed by atoms with E-state index in [2.05, 4.69) is 4.72 Å². The number of benzene rings is 1. The largest absolute Gasteiger partial charge is 0.358 e. The van der Waals surface area contributed by atoms with Crippen LogP contribution in [-0.2, 0) is 20.8 Å². The lowest BCUT2D eigenvalue weighted by atomic mass is 10.3. The highest BCUT2D eigenvalue weighted by molar-refractivity contribution is 7.91. The van der Waals surface area contributed by atoms with Gasteiger partial charge in [-0.3, -0.25) is 4.21 Å². The maximum atomic E-state index is 12.2. The maximum Gasteiger partial charge on any atom is 0.241 e. The molecule has 0 bridgehead atoms. The molecule has 0 radical (unpaired) electrons. The van der Waals surface area contributed by atoms with Crippen LogP contribution in [-0.4, -0.2) is 38.1 Å². The summed E-state index contributed by atoms with van der Waals surface area (Å²) in [6.07, 6.45) is 0.916. The molecule has 1 heterocycles. The number of fused-ring (bicyclic) bond motifs is 1. The Morgan fingerprint density at radius 3 is 2.76 bits per heavy atom. The minimum Gasteiger partial charge on any atom is -0.358 e. The summed E-state index contributed by atoms with van der Waals surface area (Å²) in [5.41, 5.74) is 6.07. The number of anilines is 1. The molecule has 1 aromatic carbocycles. The topological polar surface area (TPSA) is 92.5 Å². The number of hydrogen-bond donors (Lipinski definition) is 2. The van der Waals surface area contributed by atoms with E-state index in [1.807, 2.05) is 17.9 Å². The van der Waals surface area contributed by atoms with Crippen LogP contribution in [0.5, 0.6) is 0 Å². The summed E-state index contributed by atoms with van der Waals surface area (Å²) in [6.45, 7) is 3.18. The molecule has 21 heavy (non-hydrogen) atoms. The Labute approximate surface area is 134 Å². The van der Waals surface area contributed by atoms with Gasteiger partial charge in [0.2, 0.25) is 10.0 Å². The fourth-order valence-electron chi connectivity index (χ4n) is 2.20. The van der Waals surface area contributed by atoms with Gasteiger partial charge in [-0.1, -0.05) is 13.0 Å². The van der Waals surface area contributed by atoms with Gasteiger partial charge in [-0.15, -0.1) is 12.4 Å². The first kappa shape index (κ1) is 18.4. The summed E-state index contributed by atoms with van der Waals surface area (Å²) in [5, 5.41) is 0. The second-order valence-electron chi connectivity index (χ2n) is 4.53. The van der Waals surface area contributed by atoms with Gasteiger partial charge in [0.05, 0.1) is 27.3 Å². The minimum absolute atomic E-state index is 0.